The van der Waals surface area contributed by atoms with Crippen molar-refractivity contribution in [1.82, 2.24) is 20.4 Å². The normalized spacial score (nSPS) is 22.6. The van der Waals surface area contributed by atoms with E-state index in [9.17, 15) is 0 Å². The maximum atomic E-state index is 5.72. The number of aromatic nitrogens is 2. The number of ether oxygens (including phenoxy) is 1. The van der Waals surface area contributed by atoms with Gasteiger partial charge in [-0.15, -0.1) is 0 Å². The third-order valence-electron chi connectivity index (χ3n) is 3.65. The van der Waals surface area contributed by atoms with Crippen molar-refractivity contribution < 1.29 is 9.26 Å². The topological polar surface area (TPSA) is 63.4 Å². The van der Waals surface area contributed by atoms with Crippen molar-refractivity contribution in [3.05, 3.63) is 11.7 Å². The van der Waals surface area contributed by atoms with Crippen LogP contribution in [0.4, 0.5) is 0 Å². The van der Waals surface area contributed by atoms with Gasteiger partial charge in [0.2, 0.25) is 11.7 Å². The van der Waals surface area contributed by atoms with Crippen LogP contribution >= 0.6 is 0 Å². The lowest BCUT2D eigenvalue weighted by Crippen LogP contribution is -2.38. The van der Waals surface area contributed by atoms with Gasteiger partial charge in [-0.1, -0.05) is 12.1 Å². The molecule has 19 heavy (non-hydrogen) atoms. The smallest absolute Gasteiger partial charge is 0.226 e. The summed E-state index contributed by atoms with van der Waals surface area (Å²) in [5, 5.41) is 7.25. The summed E-state index contributed by atoms with van der Waals surface area (Å²) in [7, 11) is 1.96. The number of hydrogen-bond acceptors (Lipinski definition) is 6. The molecule has 2 atom stereocenters. The van der Waals surface area contributed by atoms with Crippen molar-refractivity contribution in [3.63, 3.8) is 0 Å². The van der Waals surface area contributed by atoms with E-state index in [4.69, 9.17) is 9.26 Å². The summed E-state index contributed by atoms with van der Waals surface area (Å²) in [5.74, 6) is 1.39. The molecule has 1 aromatic rings. The summed E-state index contributed by atoms with van der Waals surface area (Å²) in [5.41, 5.74) is 0. The molecule has 1 aromatic heterocycles. The number of hydrogen-bond donors (Lipinski definition) is 1. The minimum atomic E-state index is -0.0482. The van der Waals surface area contributed by atoms with Gasteiger partial charge < -0.3 is 14.6 Å². The summed E-state index contributed by atoms with van der Waals surface area (Å²) >= 11 is 0. The number of likely N-dealkylation sites (N-methyl/N-ethyl adjacent to an activating group) is 1. The number of aryl methyl sites for hydroxylation is 1. The summed E-state index contributed by atoms with van der Waals surface area (Å²) in [6, 6.07) is 0.455. The van der Waals surface area contributed by atoms with Crippen LogP contribution in [0.1, 0.15) is 38.1 Å². The van der Waals surface area contributed by atoms with Gasteiger partial charge in [-0.05, 0) is 26.9 Å². The van der Waals surface area contributed by atoms with E-state index in [1.807, 2.05) is 7.05 Å². The average Bonchev–Trinajstić information content (AvgIpc) is 2.93. The highest BCUT2D eigenvalue weighted by Crippen LogP contribution is 2.19. The second-order valence-corrected chi connectivity index (χ2v) is 5.03. The van der Waals surface area contributed by atoms with Crippen molar-refractivity contribution in [2.45, 2.75) is 38.8 Å². The van der Waals surface area contributed by atoms with E-state index in [1.165, 1.54) is 0 Å². The number of nitrogens with zero attached hydrogens (tertiary/aromatic N) is 3. The zero-order valence-electron chi connectivity index (χ0n) is 12.1. The molecule has 0 aromatic carbocycles. The highest BCUT2D eigenvalue weighted by atomic mass is 16.5. The lowest BCUT2D eigenvalue weighted by atomic mass is 10.2. The molecule has 0 saturated carbocycles. The van der Waals surface area contributed by atoms with Gasteiger partial charge in [0.05, 0.1) is 6.61 Å². The first-order valence-electron chi connectivity index (χ1n) is 7.06. The minimum Gasteiger partial charge on any atom is -0.367 e. The van der Waals surface area contributed by atoms with E-state index >= 15 is 0 Å². The first kappa shape index (κ1) is 14.4. The molecule has 1 fully saturated rings. The van der Waals surface area contributed by atoms with Crippen LogP contribution in [0.15, 0.2) is 4.52 Å². The van der Waals surface area contributed by atoms with Gasteiger partial charge in [0.15, 0.2) is 0 Å². The number of morpholine rings is 1. The summed E-state index contributed by atoms with van der Waals surface area (Å²) in [4.78, 5) is 6.79. The average molecular weight is 268 g/mol. The molecule has 2 heterocycles. The maximum absolute atomic E-state index is 5.72. The molecule has 0 aliphatic carbocycles. The zero-order chi connectivity index (χ0) is 13.7. The molecule has 0 radical (unpaired) electrons. The van der Waals surface area contributed by atoms with Crippen molar-refractivity contribution in [1.29, 1.82) is 0 Å². The van der Waals surface area contributed by atoms with Crippen molar-refractivity contribution in [3.8, 4) is 0 Å². The molecule has 1 N–H and O–H groups in total. The predicted molar refractivity (Wildman–Crippen MR) is 71.9 cm³/mol. The lowest BCUT2D eigenvalue weighted by Gasteiger charge is -2.30. The monoisotopic (exact) mass is 268 g/mol. The Kier molecular flexibility index (Phi) is 5.30. The first-order valence-corrected chi connectivity index (χ1v) is 7.06. The van der Waals surface area contributed by atoms with Gasteiger partial charge in [0, 0.05) is 25.6 Å². The Hall–Kier alpha value is -0.980. The number of nitrogens with one attached hydrogen (secondary N) is 1. The van der Waals surface area contributed by atoms with Gasteiger partial charge in [-0.25, -0.2) is 0 Å². The van der Waals surface area contributed by atoms with Crippen molar-refractivity contribution in [2.75, 3.05) is 33.3 Å². The molecule has 6 heteroatoms. The van der Waals surface area contributed by atoms with E-state index < -0.39 is 0 Å². The van der Waals surface area contributed by atoms with Gasteiger partial charge in [-0.3, -0.25) is 4.90 Å². The van der Waals surface area contributed by atoms with Crippen molar-refractivity contribution in [2.24, 2.45) is 0 Å². The summed E-state index contributed by atoms with van der Waals surface area (Å²) in [6.45, 7) is 7.90. The van der Waals surface area contributed by atoms with Gasteiger partial charge in [0.1, 0.15) is 6.10 Å². The Morgan fingerprint density at radius 2 is 2.37 bits per heavy atom. The van der Waals surface area contributed by atoms with Crippen LogP contribution in [0.2, 0.25) is 0 Å². The van der Waals surface area contributed by atoms with E-state index in [0.717, 1.165) is 39.1 Å². The van der Waals surface area contributed by atoms with Gasteiger partial charge >= 0.3 is 0 Å². The van der Waals surface area contributed by atoms with Crippen LogP contribution in [-0.2, 0) is 11.2 Å². The molecule has 0 spiro atoms. The van der Waals surface area contributed by atoms with E-state index in [-0.39, 0.29) is 6.10 Å². The molecule has 0 bridgehead atoms. The fourth-order valence-corrected chi connectivity index (χ4v) is 2.13. The molecular weight excluding hydrogens is 244 g/mol. The third kappa shape index (κ3) is 3.99. The molecule has 6 nitrogen and oxygen atoms in total. The Balaban J connectivity index is 1.89. The summed E-state index contributed by atoms with van der Waals surface area (Å²) < 4.78 is 11.0. The molecule has 108 valence electrons. The molecule has 1 aliphatic rings. The molecule has 2 unspecified atom stereocenters. The van der Waals surface area contributed by atoms with E-state index in [1.54, 1.807) is 0 Å². The maximum Gasteiger partial charge on any atom is 0.226 e. The fourth-order valence-electron chi connectivity index (χ4n) is 2.13. The highest BCUT2D eigenvalue weighted by molar-refractivity contribution is 4.94. The zero-order valence-corrected chi connectivity index (χ0v) is 12.1. The van der Waals surface area contributed by atoms with Crippen LogP contribution in [0.25, 0.3) is 0 Å². The molecule has 1 saturated heterocycles. The fraction of sp³-hybridized carbons (Fsp3) is 0.846. The first-order chi connectivity index (χ1) is 9.22. The van der Waals surface area contributed by atoms with Crippen LogP contribution in [0.5, 0.6) is 0 Å². The Morgan fingerprint density at radius 3 is 3.11 bits per heavy atom. The minimum absolute atomic E-state index is 0.0482. The van der Waals surface area contributed by atoms with Crippen molar-refractivity contribution >= 4 is 0 Å². The largest absolute Gasteiger partial charge is 0.367 e. The second-order valence-electron chi connectivity index (χ2n) is 5.03. The van der Waals surface area contributed by atoms with Gasteiger partial charge in [-0.2, -0.15) is 4.98 Å². The predicted octanol–water partition coefficient (Wildman–Crippen LogP) is 1.00. The van der Waals surface area contributed by atoms with Crippen LogP contribution in [-0.4, -0.2) is 54.4 Å². The Labute approximate surface area is 114 Å². The van der Waals surface area contributed by atoms with Crippen LogP contribution in [0.3, 0.4) is 0 Å². The molecule has 1 aliphatic heterocycles. The number of rotatable bonds is 6. The Morgan fingerprint density at radius 1 is 1.53 bits per heavy atom. The lowest BCUT2D eigenvalue weighted by molar-refractivity contribution is -0.0334. The quantitative estimate of drug-likeness (QED) is 0.830. The summed E-state index contributed by atoms with van der Waals surface area (Å²) in [6.07, 6.45) is 1.75. The molecule has 2 rings (SSSR count). The SMILES string of the molecule is CCN1CCOC(c2noc(CCC(C)NC)n2)C1. The van der Waals surface area contributed by atoms with E-state index in [2.05, 4.69) is 34.2 Å². The van der Waals surface area contributed by atoms with Gasteiger partial charge in [0.25, 0.3) is 0 Å². The third-order valence-corrected chi connectivity index (χ3v) is 3.65. The standard InChI is InChI=1S/C13H24N4O2/c1-4-17-7-8-18-11(9-17)13-15-12(19-16-13)6-5-10(2)14-3/h10-11,14H,4-9H2,1-3H3. The highest BCUT2D eigenvalue weighted by Gasteiger charge is 2.25. The molecular formula is C13H24N4O2. The molecule has 0 amide bonds. The van der Waals surface area contributed by atoms with Crippen LogP contribution in [0, 0.1) is 0 Å². The van der Waals surface area contributed by atoms with E-state index in [0.29, 0.717) is 17.8 Å². The second kappa shape index (κ2) is 6.98. The van der Waals surface area contributed by atoms with Crippen LogP contribution < -0.4 is 5.32 Å². The Bertz CT molecular complexity index is 382.